The van der Waals surface area contributed by atoms with E-state index in [0.29, 0.717) is 11.5 Å². The van der Waals surface area contributed by atoms with Crippen LogP contribution in [0.5, 0.6) is 5.75 Å². The molecule has 0 amide bonds. The number of carbonyl (C=O) groups excluding carboxylic acids is 1. The molecule has 0 saturated heterocycles. The third-order valence-electron chi connectivity index (χ3n) is 3.58. The van der Waals surface area contributed by atoms with Crippen LogP contribution in [-0.4, -0.2) is 21.2 Å². The van der Waals surface area contributed by atoms with Crippen LogP contribution in [0.1, 0.15) is 28.7 Å². The van der Waals surface area contributed by atoms with Gasteiger partial charge in [-0.2, -0.15) is 0 Å². The first-order valence-corrected chi connectivity index (χ1v) is 8.87. The second-order valence-electron chi connectivity index (χ2n) is 5.70. The van der Waals surface area contributed by atoms with Gasteiger partial charge in [-0.15, -0.1) is 10.2 Å². The van der Waals surface area contributed by atoms with Crippen molar-refractivity contribution in [3.63, 3.8) is 0 Å². The first-order valence-electron chi connectivity index (χ1n) is 7.99. The molecule has 1 heterocycles. The molecule has 1 aromatic heterocycles. The molecule has 26 heavy (non-hydrogen) atoms. The second-order valence-corrected chi connectivity index (χ2v) is 6.99. The highest BCUT2D eigenvalue weighted by molar-refractivity contribution is 8.00. The zero-order valence-corrected chi connectivity index (χ0v) is 15.1. The van der Waals surface area contributed by atoms with Crippen LogP contribution in [-0.2, 0) is 6.61 Å². The molecular formula is C19H17FN2O3S. The number of ether oxygens (including phenoxy) is 1. The quantitative estimate of drug-likeness (QED) is 0.451. The lowest BCUT2D eigenvalue weighted by Crippen LogP contribution is -2.13. The molecule has 0 aliphatic rings. The van der Waals surface area contributed by atoms with E-state index in [2.05, 4.69) is 10.2 Å². The smallest absolute Gasteiger partial charge is 0.277 e. The van der Waals surface area contributed by atoms with Crippen LogP contribution in [0.25, 0.3) is 0 Å². The molecule has 0 saturated carbocycles. The monoisotopic (exact) mass is 372 g/mol. The number of Topliss-reactive ketones (excluding diaryl/α,β-unsaturated/α-hetero) is 1. The number of benzene rings is 2. The van der Waals surface area contributed by atoms with Crippen molar-refractivity contribution in [1.82, 2.24) is 10.2 Å². The van der Waals surface area contributed by atoms with Crippen molar-refractivity contribution < 1.29 is 18.3 Å². The summed E-state index contributed by atoms with van der Waals surface area (Å²) in [6, 6.07) is 13.1. The number of thioether (sulfide) groups is 1. The van der Waals surface area contributed by atoms with Gasteiger partial charge in [-0.05, 0) is 55.8 Å². The lowest BCUT2D eigenvalue weighted by atomic mass is 10.1. The molecule has 5 nitrogen and oxygen atoms in total. The molecule has 2 aromatic carbocycles. The zero-order chi connectivity index (χ0) is 18.5. The Morgan fingerprint density at radius 2 is 2.00 bits per heavy atom. The van der Waals surface area contributed by atoms with Crippen molar-refractivity contribution in [2.24, 2.45) is 0 Å². The molecule has 1 unspecified atom stereocenters. The average molecular weight is 372 g/mol. The third kappa shape index (κ3) is 4.70. The van der Waals surface area contributed by atoms with E-state index in [1.165, 1.54) is 24.3 Å². The van der Waals surface area contributed by atoms with Gasteiger partial charge in [-0.25, -0.2) is 4.39 Å². The van der Waals surface area contributed by atoms with Crippen LogP contribution in [0.15, 0.2) is 58.2 Å². The van der Waals surface area contributed by atoms with Crippen molar-refractivity contribution in [3.05, 3.63) is 71.4 Å². The number of rotatable bonds is 7. The Balaban J connectivity index is 1.57. The van der Waals surface area contributed by atoms with Gasteiger partial charge in [0.15, 0.2) is 12.4 Å². The van der Waals surface area contributed by atoms with Crippen LogP contribution in [0.2, 0.25) is 0 Å². The van der Waals surface area contributed by atoms with Crippen molar-refractivity contribution in [2.45, 2.75) is 30.9 Å². The number of ketones is 1. The number of carbonyl (C=O) groups is 1. The predicted molar refractivity (Wildman–Crippen MR) is 95.9 cm³/mol. The predicted octanol–water partition coefficient (Wildman–Crippen LogP) is 4.46. The van der Waals surface area contributed by atoms with E-state index >= 15 is 0 Å². The van der Waals surface area contributed by atoms with Crippen LogP contribution in [0, 0.1) is 12.7 Å². The fraction of sp³-hybridized carbons (Fsp3) is 0.211. The second kappa shape index (κ2) is 8.14. The molecule has 3 rings (SSSR count). The Bertz CT molecular complexity index is 896. The summed E-state index contributed by atoms with van der Waals surface area (Å²) in [5.74, 6) is 0.537. The maximum absolute atomic E-state index is 13.0. The molecule has 3 aromatic rings. The molecule has 0 spiro atoms. The van der Waals surface area contributed by atoms with Gasteiger partial charge in [0.1, 0.15) is 11.6 Å². The summed E-state index contributed by atoms with van der Waals surface area (Å²) in [7, 11) is 0. The van der Waals surface area contributed by atoms with Crippen molar-refractivity contribution in [2.75, 3.05) is 0 Å². The van der Waals surface area contributed by atoms with Gasteiger partial charge < -0.3 is 9.15 Å². The van der Waals surface area contributed by atoms with Crippen LogP contribution in [0.3, 0.4) is 0 Å². The fourth-order valence-corrected chi connectivity index (χ4v) is 3.03. The zero-order valence-electron chi connectivity index (χ0n) is 14.3. The molecule has 0 fully saturated rings. The highest BCUT2D eigenvalue weighted by Crippen LogP contribution is 2.25. The highest BCUT2D eigenvalue weighted by atomic mass is 32.2. The molecule has 0 radical (unpaired) electrons. The Morgan fingerprint density at radius 1 is 1.23 bits per heavy atom. The van der Waals surface area contributed by atoms with Crippen LogP contribution >= 0.6 is 11.8 Å². The number of halogens is 1. The van der Waals surface area contributed by atoms with Gasteiger partial charge in [0, 0.05) is 5.56 Å². The summed E-state index contributed by atoms with van der Waals surface area (Å²) in [5, 5.41) is 7.71. The van der Waals surface area contributed by atoms with Gasteiger partial charge in [0.25, 0.3) is 11.1 Å². The normalized spacial score (nSPS) is 12.0. The maximum atomic E-state index is 13.0. The Hall–Kier alpha value is -2.67. The lowest BCUT2D eigenvalue weighted by Gasteiger charge is -2.07. The van der Waals surface area contributed by atoms with Gasteiger partial charge in [-0.3, -0.25) is 4.79 Å². The molecule has 0 aliphatic heterocycles. The average Bonchev–Trinajstić information content (AvgIpc) is 3.07. The maximum Gasteiger partial charge on any atom is 0.277 e. The van der Waals surface area contributed by atoms with Crippen LogP contribution in [0.4, 0.5) is 4.39 Å². The lowest BCUT2D eigenvalue weighted by molar-refractivity contribution is 0.0993. The first kappa shape index (κ1) is 18.1. The summed E-state index contributed by atoms with van der Waals surface area (Å²) in [5.41, 5.74) is 1.53. The third-order valence-corrected chi connectivity index (χ3v) is 4.51. The minimum Gasteiger partial charge on any atom is -0.484 e. The highest BCUT2D eigenvalue weighted by Gasteiger charge is 2.20. The molecule has 134 valence electrons. The van der Waals surface area contributed by atoms with Crippen molar-refractivity contribution in [3.8, 4) is 5.75 Å². The molecule has 0 N–H and O–H groups in total. The summed E-state index contributed by atoms with van der Waals surface area (Å²) in [6.07, 6.45) is 0. The Kier molecular flexibility index (Phi) is 5.68. The fourth-order valence-electron chi connectivity index (χ4n) is 2.25. The van der Waals surface area contributed by atoms with E-state index < -0.39 is 5.25 Å². The standard InChI is InChI=1S/C19H17FN2O3S/c1-12-4-3-5-16(10-12)24-11-17-21-22-19(25-17)26-13(2)18(23)14-6-8-15(20)9-7-14/h3-10,13H,11H2,1-2H3. The van der Waals surface area contributed by atoms with E-state index in [4.69, 9.17) is 9.15 Å². The molecule has 0 aliphatic carbocycles. The number of hydrogen-bond donors (Lipinski definition) is 0. The summed E-state index contributed by atoms with van der Waals surface area (Å²) < 4.78 is 24.1. The molecule has 7 heteroatoms. The van der Waals surface area contributed by atoms with Crippen molar-refractivity contribution in [1.29, 1.82) is 0 Å². The number of aromatic nitrogens is 2. The molecular weight excluding hydrogens is 355 g/mol. The summed E-state index contributed by atoms with van der Waals surface area (Å²) in [6.45, 7) is 3.87. The van der Waals surface area contributed by atoms with Gasteiger partial charge >= 0.3 is 0 Å². The van der Waals surface area contributed by atoms with E-state index in [1.54, 1.807) is 6.92 Å². The number of aryl methyl sites for hydroxylation is 1. The number of hydrogen-bond acceptors (Lipinski definition) is 6. The Labute approximate surface area is 154 Å². The minimum absolute atomic E-state index is 0.134. The van der Waals surface area contributed by atoms with Gasteiger partial charge in [0.05, 0.1) is 5.25 Å². The first-order chi connectivity index (χ1) is 12.5. The molecule has 0 bridgehead atoms. The molecule has 1 atom stereocenters. The van der Waals surface area contributed by atoms with E-state index in [9.17, 15) is 9.18 Å². The Morgan fingerprint density at radius 3 is 2.73 bits per heavy atom. The van der Waals surface area contributed by atoms with Gasteiger partial charge in [-0.1, -0.05) is 23.9 Å². The van der Waals surface area contributed by atoms with Crippen molar-refractivity contribution >= 4 is 17.5 Å². The van der Waals surface area contributed by atoms with Gasteiger partial charge in [0.2, 0.25) is 0 Å². The van der Waals surface area contributed by atoms with E-state index in [-0.39, 0.29) is 23.4 Å². The topological polar surface area (TPSA) is 65.2 Å². The minimum atomic E-state index is -0.438. The number of nitrogens with zero attached hydrogens (tertiary/aromatic N) is 2. The van der Waals surface area contributed by atoms with Crippen LogP contribution < -0.4 is 4.74 Å². The largest absolute Gasteiger partial charge is 0.484 e. The summed E-state index contributed by atoms with van der Waals surface area (Å²) in [4.78, 5) is 12.4. The summed E-state index contributed by atoms with van der Waals surface area (Å²) >= 11 is 1.16. The van der Waals surface area contributed by atoms with E-state index in [1.807, 2.05) is 31.2 Å². The SMILES string of the molecule is Cc1cccc(OCc2nnc(SC(C)C(=O)c3ccc(F)cc3)o2)c1. The van der Waals surface area contributed by atoms with E-state index in [0.717, 1.165) is 23.1 Å².